The summed E-state index contributed by atoms with van der Waals surface area (Å²) in [5.41, 5.74) is 2.39. The van der Waals surface area contributed by atoms with E-state index in [1.165, 1.54) is 4.90 Å². The van der Waals surface area contributed by atoms with Crippen molar-refractivity contribution in [1.29, 1.82) is 0 Å². The highest BCUT2D eigenvalue weighted by Crippen LogP contribution is 2.39. The van der Waals surface area contributed by atoms with Gasteiger partial charge in [0.15, 0.2) is 5.76 Å². The highest BCUT2D eigenvalue weighted by molar-refractivity contribution is 6.46. The molecule has 0 spiro atoms. The molecule has 4 rings (SSSR count). The molecule has 0 saturated carbocycles. The van der Waals surface area contributed by atoms with Crippen LogP contribution in [-0.2, 0) is 9.59 Å². The molecule has 0 aliphatic carbocycles. The number of hydrogen-bond donors (Lipinski definition) is 1. The van der Waals surface area contributed by atoms with Gasteiger partial charge in [0, 0.05) is 25.1 Å². The number of hydrogen-bond acceptors (Lipinski definition) is 6. The zero-order chi connectivity index (χ0) is 22.1. The molecule has 1 unspecified atom stereocenters. The predicted octanol–water partition coefficient (Wildman–Crippen LogP) is 2.41. The smallest absolute Gasteiger partial charge is 0.295 e. The van der Waals surface area contributed by atoms with E-state index in [0.717, 1.165) is 6.54 Å². The van der Waals surface area contributed by atoms with Gasteiger partial charge in [-0.15, -0.1) is 0 Å². The summed E-state index contributed by atoms with van der Waals surface area (Å²) < 4.78 is 1.73. The Labute approximate surface area is 180 Å². The summed E-state index contributed by atoms with van der Waals surface area (Å²) >= 11 is 0. The van der Waals surface area contributed by atoms with E-state index in [1.807, 2.05) is 43.3 Å². The summed E-state index contributed by atoms with van der Waals surface area (Å²) in [6.45, 7) is 2.94. The SMILES string of the molecule is Cc1nc2ccccn2c1/C(O)=C1/C(=O)C(=O)N(CCCN(C)C)C1c1cccnc1. The zero-order valence-corrected chi connectivity index (χ0v) is 17.8. The van der Waals surface area contributed by atoms with Crippen molar-refractivity contribution in [2.45, 2.75) is 19.4 Å². The molecule has 31 heavy (non-hydrogen) atoms. The molecule has 1 aliphatic heterocycles. The lowest BCUT2D eigenvalue weighted by Gasteiger charge is -2.25. The number of nitrogens with zero attached hydrogens (tertiary/aromatic N) is 5. The quantitative estimate of drug-likeness (QED) is 0.375. The van der Waals surface area contributed by atoms with Gasteiger partial charge in [0.1, 0.15) is 11.3 Å². The van der Waals surface area contributed by atoms with Crippen molar-refractivity contribution in [3.05, 3.63) is 71.4 Å². The van der Waals surface area contributed by atoms with Crippen molar-refractivity contribution in [1.82, 2.24) is 24.2 Å². The Kier molecular flexibility index (Phi) is 5.56. The lowest BCUT2D eigenvalue weighted by Crippen LogP contribution is -2.32. The monoisotopic (exact) mass is 419 g/mol. The van der Waals surface area contributed by atoms with E-state index in [1.54, 1.807) is 36.0 Å². The predicted molar refractivity (Wildman–Crippen MR) is 116 cm³/mol. The van der Waals surface area contributed by atoms with E-state index in [2.05, 4.69) is 9.97 Å². The molecule has 3 aromatic heterocycles. The molecule has 3 aromatic rings. The van der Waals surface area contributed by atoms with Crippen molar-refractivity contribution in [3.63, 3.8) is 0 Å². The second-order valence-electron chi connectivity index (χ2n) is 7.91. The number of carbonyl (C=O) groups excluding carboxylic acids is 2. The van der Waals surface area contributed by atoms with Gasteiger partial charge >= 0.3 is 0 Å². The number of aliphatic hydroxyl groups is 1. The number of Topliss-reactive ketones (excluding diaryl/α,β-unsaturated/α-hetero) is 1. The largest absolute Gasteiger partial charge is 0.505 e. The third kappa shape index (κ3) is 3.70. The first-order valence-corrected chi connectivity index (χ1v) is 10.2. The molecule has 1 fully saturated rings. The van der Waals surface area contributed by atoms with Crippen LogP contribution in [0.1, 0.15) is 29.4 Å². The first-order valence-electron chi connectivity index (χ1n) is 10.2. The second-order valence-corrected chi connectivity index (χ2v) is 7.91. The fourth-order valence-corrected chi connectivity index (χ4v) is 4.08. The first kappa shape index (κ1) is 20.7. The van der Waals surface area contributed by atoms with E-state index < -0.39 is 17.7 Å². The van der Waals surface area contributed by atoms with Crippen molar-refractivity contribution in [3.8, 4) is 0 Å². The molecule has 0 bridgehead atoms. The summed E-state index contributed by atoms with van der Waals surface area (Å²) in [5, 5.41) is 11.3. The van der Waals surface area contributed by atoms with E-state index >= 15 is 0 Å². The molecule has 4 heterocycles. The Hall–Kier alpha value is -3.52. The van der Waals surface area contributed by atoms with Gasteiger partial charge in [0.25, 0.3) is 11.7 Å². The standard InChI is InChI=1S/C23H25N5O3/c1-15-19(27-12-5-4-9-17(27)25-15)21(29)18-20(16-8-6-10-24-14-16)28(23(31)22(18)30)13-7-11-26(2)3/h4-6,8-10,12,14,20,29H,7,11,13H2,1-3H3/b21-18-. The molecule has 1 amide bonds. The lowest BCUT2D eigenvalue weighted by molar-refractivity contribution is -0.139. The topological polar surface area (TPSA) is 91.0 Å². The van der Waals surface area contributed by atoms with Gasteiger partial charge in [-0.3, -0.25) is 19.0 Å². The molecule has 0 radical (unpaired) electrons. The number of amides is 1. The number of rotatable bonds is 6. The van der Waals surface area contributed by atoms with Crippen molar-refractivity contribution < 1.29 is 14.7 Å². The first-order chi connectivity index (χ1) is 14.9. The summed E-state index contributed by atoms with van der Waals surface area (Å²) in [4.78, 5) is 38.3. The van der Waals surface area contributed by atoms with E-state index in [9.17, 15) is 14.7 Å². The van der Waals surface area contributed by atoms with Crippen LogP contribution in [0.15, 0.2) is 54.5 Å². The highest BCUT2D eigenvalue weighted by Gasteiger charge is 2.46. The van der Waals surface area contributed by atoms with Crippen LogP contribution in [0.5, 0.6) is 0 Å². The van der Waals surface area contributed by atoms with Gasteiger partial charge < -0.3 is 14.9 Å². The molecular weight excluding hydrogens is 394 g/mol. The van der Waals surface area contributed by atoms with Gasteiger partial charge in [0.2, 0.25) is 0 Å². The lowest BCUT2D eigenvalue weighted by atomic mass is 9.97. The number of aliphatic hydroxyl groups excluding tert-OH is 1. The molecule has 0 aromatic carbocycles. The third-order valence-electron chi connectivity index (χ3n) is 5.47. The van der Waals surface area contributed by atoms with Crippen LogP contribution in [0.25, 0.3) is 11.4 Å². The van der Waals surface area contributed by atoms with Gasteiger partial charge in [0.05, 0.1) is 17.3 Å². The van der Waals surface area contributed by atoms with Gasteiger partial charge in [-0.1, -0.05) is 12.1 Å². The summed E-state index contributed by atoms with van der Waals surface area (Å²) in [6, 6.07) is 8.37. The number of likely N-dealkylation sites (tertiary alicyclic amines) is 1. The van der Waals surface area contributed by atoms with E-state index in [-0.39, 0.29) is 11.3 Å². The Morgan fingerprint density at radius 2 is 2.00 bits per heavy atom. The van der Waals surface area contributed by atoms with Crippen molar-refractivity contribution in [2.24, 2.45) is 0 Å². The Morgan fingerprint density at radius 1 is 1.19 bits per heavy atom. The molecule has 1 atom stereocenters. The maximum atomic E-state index is 13.1. The molecule has 1 aliphatic rings. The van der Waals surface area contributed by atoms with Crippen LogP contribution >= 0.6 is 0 Å². The fourth-order valence-electron chi connectivity index (χ4n) is 4.08. The van der Waals surface area contributed by atoms with Gasteiger partial charge in [-0.25, -0.2) is 4.98 Å². The Morgan fingerprint density at radius 3 is 2.71 bits per heavy atom. The zero-order valence-electron chi connectivity index (χ0n) is 17.8. The number of aryl methyl sites for hydroxylation is 1. The Bertz CT molecular complexity index is 1170. The number of pyridine rings is 2. The number of ketones is 1. The second kappa shape index (κ2) is 8.31. The highest BCUT2D eigenvalue weighted by atomic mass is 16.3. The number of carbonyl (C=O) groups is 2. The number of fused-ring (bicyclic) bond motifs is 1. The molecule has 8 nitrogen and oxygen atoms in total. The van der Waals surface area contributed by atoms with Gasteiger partial charge in [-0.2, -0.15) is 0 Å². The van der Waals surface area contributed by atoms with E-state index in [0.29, 0.717) is 35.6 Å². The minimum Gasteiger partial charge on any atom is -0.505 e. The third-order valence-corrected chi connectivity index (χ3v) is 5.47. The van der Waals surface area contributed by atoms with E-state index in [4.69, 9.17) is 0 Å². The average molecular weight is 419 g/mol. The normalized spacial score (nSPS) is 18.5. The minimum absolute atomic E-state index is 0.0663. The van der Waals surface area contributed by atoms with Crippen LogP contribution in [-0.4, -0.2) is 68.2 Å². The van der Waals surface area contributed by atoms with Gasteiger partial charge in [-0.05, 0) is 57.7 Å². The maximum Gasteiger partial charge on any atom is 0.295 e. The number of aromatic nitrogens is 3. The van der Waals surface area contributed by atoms with Crippen LogP contribution in [0.3, 0.4) is 0 Å². The molecule has 1 saturated heterocycles. The summed E-state index contributed by atoms with van der Waals surface area (Å²) in [6.07, 6.45) is 5.74. The number of imidazole rings is 1. The average Bonchev–Trinajstić information content (AvgIpc) is 3.22. The van der Waals surface area contributed by atoms with Crippen LogP contribution in [0.2, 0.25) is 0 Å². The van der Waals surface area contributed by atoms with Crippen molar-refractivity contribution in [2.75, 3.05) is 27.2 Å². The van der Waals surface area contributed by atoms with Crippen LogP contribution in [0.4, 0.5) is 0 Å². The molecule has 8 heteroatoms. The fraction of sp³-hybridized carbons (Fsp3) is 0.304. The van der Waals surface area contributed by atoms with Crippen LogP contribution < -0.4 is 0 Å². The van der Waals surface area contributed by atoms with Crippen LogP contribution in [0, 0.1) is 6.92 Å². The van der Waals surface area contributed by atoms with Crippen molar-refractivity contribution >= 4 is 23.1 Å². The Balaban J connectivity index is 1.86. The molecular formula is C23H25N5O3. The molecule has 1 N–H and O–H groups in total. The summed E-state index contributed by atoms with van der Waals surface area (Å²) in [5.74, 6) is -1.53. The minimum atomic E-state index is -0.704. The summed E-state index contributed by atoms with van der Waals surface area (Å²) in [7, 11) is 3.92. The molecule has 160 valence electrons. The maximum absolute atomic E-state index is 13.1.